The van der Waals surface area contributed by atoms with Crippen LogP contribution < -0.4 is 15.8 Å². The number of fused-ring (bicyclic) bond motifs is 1. The van der Waals surface area contributed by atoms with Crippen LogP contribution in [-0.2, 0) is 0 Å². The molecule has 0 fully saturated rings. The Balaban J connectivity index is 2.60. The van der Waals surface area contributed by atoms with Gasteiger partial charge in [0, 0.05) is 12.7 Å². The molecule has 1 aliphatic heterocycles. The van der Waals surface area contributed by atoms with E-state index in [0.29, 0.717) is 5.92 Å². The van der Waals surface area contributed by atoms with Gasteiger partial charge in [0.15, 0.2) is 0 Å². The first-order chi connectivity index (χ1) is 6.27. The Morgan fingerprint density at radius 1 is 1.23 bits per heavy atom. The van der Waals surface area contributed by atoms with Gasteiger partial charge in [-0.25, -0.2) is 0 Å². The standard InChI is InChI=1S/C12H15N/c1-9(2)10-3-4-12-8-13-6-5-11(12)7-10/h3-5,7-9,13H,6H2,1-2H3. The zero-order chi connectivity index (χ0) is 9.26. The summed E-state index contributed by atoms with van der Waals surface area (Å²) in [6, 6.07) is 6.69. The van der Waals surface area contributed by atoms with Gasteiger partial charge in [-0.1, -0.05) is 38.1 Å². The van der Waals surface area contributed by atoms with Gasteiger partial charge >= 0.3 is 0 Å². The Hall–Kier alpha value is -1.24. The lowest BCUT2D eigenvalue weighted by Gasteiger charge is -2.07. The van der Waals surface area contributed by atoms with E-state index in [1.165, 1.54) is 16.0 Å². The molecule has 0 radical (unpaired) electrons. The lowest BCUT2D eigenvalue weighted by atomic mass is 10.0. The van der Waals surface area contributed by atoms with Gasteiger partial charge in [0.2, 0.25) is 0 Å². The third-order valence-electron chi connectivity index (χ3n) is 2.47. The van der Waals surface area contributed by atoms with E-state index in [2.05, 4.69) is 49.6 Å². The van der Waals surface area contributed by atoms with Crippen molar-refractivity contribution in [1.29, 1.82) is 0 Å². The van der Waals surface area contributed by atoms with Gasteiger partial charge in [0.1, 0.15) is 0 Å². The zero-order valence-corrected chi connectivity index (χ0v) is 8.17. The summed E-state index contributed by atoms with van der Waals surface area (Å²) in [4.78, 5) is 0. The second kappa shape index (κ2) is 3.25. The van der Waals surface area contributed by atoms with Crippen molar-refractivity contribution in [2.75, 3.05) is 6.54 Å². The van der Waals surface area contributed by atoms with Gasteiger partial charge in [0.25, 0.3) is 0 Å². The lowest BCUT2D eigenvalue weighted by molar-refractivity contribution is 0.863. The lowest BCUT2D eigenvalue weighted by Crippen LogP contribution is -2.33. The predicted molar refractivity (Wildman–Crippen MR) is 56.7 cm³/mol. The minimum Gasteiger partial charge on any atom is -0.387 e. The molecule has 1 aromatic carbocycles. The molecule has 2 rings (SSSR count). The Morgan fingerprint density at radius 3 is 2.85 bits per heavy atom. The summed E-state index contributed by atoms with van der Waals surface area (Å²) >= 11 is 0. The van der Waals surface area contributed by atoms with Gasteiger partial charge in [-0.2, -0.15) is 0 Å². The van der Waals surface area contributed by atoms with Gasteiger partial charge < -0.3 is 5.32 Å². The van der Waals surface area contributed by atoms with Crippen molar-refractivity contribution >= 4 is 12.3 Å². The molecule has 68 valence electrons. The highest BCUT2D eigenvalue weighted by molar-refractivity contribution is 5.39. The van der Waals surface area contributed by atoms with Crippen molar-refractivity contribution in [2.24, 2.45) is 0 Å². The summed E-state index contributed by atoms with van der Waals surface area (Å²) in [5.41, 5.74) is 1.42. The molecule has 0 bridgehead atoms. The molecular weight excluding hydrogens is 158 g/mol. The maximum Gasteiger partial charge on any atom is 0.0334 e. The number of rotatable bonds is 1. The highest BCUT2D eigenvalue weighted by Crippen LogP contribution is 2.09. The van der Waals surface area contributed by atoms with E-state index in [-0.39, 0.29) is 0 Å². The van der Waals surface area contributed by atoms with E-state index in [1.54, 1.807) is 0 Å². The number of hydrogen-bond donors (Lipinski definition) is 1. The maximum absolute atomic E-state index is 3.21. The molecule has 0 saturated carbocycles. The second-order valence-electron chi connectivity index (χ2n) is 3.80. The molecule has 0 aliphatic carbocycles. The summed E-state index contributed by atoms with van der Waals surface area (Å²) in [5, 5.41) is 5.88. The molecule has 0 saturated heterocycles. The van der Waals surface area contributed by atoms with Crippen molar-refractivity contribution < 1.29 is 0 Å². The van der Waals surface area contributed by atoms with Gasteiger partial charge in [-0.15, -0.1) is 0 Å². The van der Waals surface area contributed by atoms with Gasteiger partial charge in [0.05, 0.1) is 0 Å². The fourth-order valence-corrected chi connectivity index (χ4v) is 1.60. The Labute approximate surface area is 78.8 Å². The van der Waals surface area contributed by atoms with Crippen molar-refractivity contribution in [3.8, 4) is 0 Å². The average Bonchev–Trinajstić information content (AvgIpc) is 2.17. The van der Waals surface area contributed by atoms with Crippen molar-refractivity contribution in [3.05, 3.63) is 34.2 Å². The number of benzene rings is 1. The monoisotopic (exact) mass is 173 g/mol. The van der Waals surface area contributed by atoms with Crippen molar-refractivity contribution in [1.82, 2.24) is 5.32 Å². The quantitative estimate of drug-likeness (QED) is 0.666. The molecule has 1 heteroatoms. The zero-order valence-electron chi connectivity index (χ0n) is 8.17. The Bertz CT molecular complexity index is 415. The second-order valence-corrected chi connectivity index (χ2v) is 3.80. The molecule has 1 nitrogen and oxygen atoms in total. The smallest absolute Gasteiger partial charge is 0.0334 e. The van der Waals surface area contributed by atoms with E-state index in [9.17, 15) is 0 Å². The molecule has 0 amide bonds. The fraction of sp³-hybridized carbons (Fsp3) is 0.333. The molecule has 1 heterocycles. The van der Waals surface area contributed by atoms with Crippen LogP contribution in [0.1, 0.15) is 25.3 Å². The summed E-state index contributed by atoms with van der Waals surface area (Å²) in [6.07, 6.45) is 4.32. The van der Waals surface area contributed by atoms with Crippen LogP contribution in [-0.4, -0.2) is 6.54 Å². The Morgan fingerprint density at radius 2 is 2.08 bits per heavy atom. The third-order valence-corrected chi connectivity index (χ3v) is 2.47. The van der Waals surface area contributed by atoms with Crippen LogP contribution >= 0.6 is 0 Å². The molecule has 1 aromatic rings. The molecule has 0 spiro atoms. The molecule has 13 heavy (non-hydrogen) atoms. The molecule has 0 aromatic heterocycles. The first-order valence-corrected chi connectivity index (χ1v) is 4.81. The maximum atomic E-state index is 3.21. The number of nitrogens with one attached hydrogen (secondary N) is 1. The predicted octanol–water partition coefficient (Wildman–Crippen LogP) is 0.932. The van der Waals surface area contributed by atoms with E-state index in [1.807, 2.05) is 0 Å². The first kappa shape index (κ1) is 8.36. The van der Waals surface area contributed by atoms with Crippen LogP contribution in [0.2, 0.25) is 0 Å². The van der Waals surface area contributed by atoms with Gasteiger partial charge in [-0.3, -0.25) is 0 Å². The highest BCUT2D eigenvalue weighted by Gasteiger charge is 1.99. The van der Waals surface area contributed by atoms with Crippen LogP contribution in [0, 0.1) is 0 Å². The molecule has 0 unspecified atom stereocenters. The largest absolute Gasteiger partial charge is 0.387 e. The topological polar surface area (TPSA) is 12.0 Å². The minimum atomic E-state index is 0.619. The minimum absolute atomic E-state index is 0.619. The van der Waals surface area contributed by atoms with E-state index < -0.39 is 0 Å². The summed E-state index contributed by atoms with van der Waals surface area (Å²) < 4.78 is 0. The normalized spacial score (nSPS) is 14.1. The van der Waals surface area contributed by atoms with Crippen LogP contribution in [0.3, 0.4) is 0 Å². The third kappa shape index (κ3) is 1.59. The van der Waals surface area contributed by atoms with Crippen LogP contribution in [0.5, 0.6) is 0 Å². The van der Waals surface area contributed by atoms with E-state index in [4.69, 9.17) is 0 Å². The van der Waals surface area contributed by atoms with Crippen molar-refractivity contribution in [2.45, 2.75) is 19.8 Å². The van der Waals surface area contributed by atoms with Crippen LogP contribution in [0.4, 0.5) is 0 Å². The number of hydrogen-bond acceptors (Lipinski definition) is 1. The van der Waals surface area contributed by atoms with Crippen LogP contribution in [0.25, 0.3) is 12.3 Å². The fourth-order valence-electron chi connectivity index (χ4n) is 1.60. The van der Waals surface area contributed by atoms with Crippen molar-refractivity contribution in [3.63, 3.8) is 0 Å². The Kier molecular flexibility index (Phi) is 2.09. The molecule has 0 atom stereocenters. The van der Waals surface area contributed by atoms with Crippen LogP contribution in [0.15, 0.2) is 18.2 Å². The highest BCUT2D eigenvalue weighted by atomic mass is 14.8. The molecular formula is C12H15N. The molecule has 1 N–H and O–H groups in total. The average molecular weight is 173 g/mol. The molecule has 1 aliphatic rings. The van der Waals surface area contributed by atoms with E-state index in [0.717, 1.165) is 6.54 Å². The summed E-state index contributed by atoms with van der Waals surface area (Å²) in [6.45, 7) is 5.41. The van der Waals surface area contributed by atoms with Gasteiger partial charge in [-0.05, 0) is 21.9 Å². The summed E-state index contributed by atoms with van der Waals surface area (Å²) in [5.74, 6) is 0.619. The SMILES string of the molecule is CC(C)c1ccc2c(c1)=CCNC=2. The first-order valence-electron chi connectivity index (χ1n) is 4.81. The van der Waals surface area contributed by atoms with E-state index >= 15 is 0 Å². The summed E-state index contributed by atoms with van der Waals surface area (Å²) in [7, 11) is 0.